The van der Waals surface area contributed by atoms with Gasteiger partial charge in [-0.1, -0.05) is 36.4 Å². The van der Waals surface area contributed by atoms with Crippen LogP contribution in [-0.2, 0) is 13.1 Å². The van der Waals surface area contributed by atoms with Crippen molar-refractivity contribution in [3.05, 3.63) is 83.1 Å². The van der Waals surface area contributed by atoms with Crippen molar-refractivity contribution in [1.82, 2.24) is 20.3 Å². The SMILES string of the molecule is O=C(NCc1ccccc1)c1nc(NCc2cccnc2)nc2ccsc12. The van der Waals surface area contributed by atoms with Gasteiger partial charge < -0.3 is 10.6 Å². The van der Waals surface area contributed by atoms with Crippen molar-refractivity contribution in [2.24, 2.45) is 0 Å². The van der Waals surface area contributed by atoms with Crippen molar-refractivity contribution in [2.75, 3.05) is 5.32 Å². The highest BCUT2D eigenvalue weighted by Gasteiger charge is 2.16. The summed E-state index contributed by atoms with van der Waals surface area (Å²) >= 11 is 1.46. The number of carbonyl (C=O) groups is 1. The van der Waals surface area contributed by atoms with Gasteiger partial charge in [-0.05, 0) is 28.6 Å². The fraction of sp³-hybridized carbons (Fsp3) is 0.100. The summed E-state index contributed by atoms with van der Waals surface area (Å²) in [6.45, 7) is 0.990. The van der Waals surface area contributed by atoms with Crippen LogP contribution in [0.2, 0.25) is 0 Å². The Hall–Kier alpha value is -3.32. The molecule has 0 fully saturated rings. The van der Waals surface area contributed by atoms with Crippen LogP contribution < -0.4 is 10.6 Å². The highest BCUT2D eigenvalue weighted by molar-refractivity contribution is 7.17. The lowest BCUT2D eigenvalue weighted by Gasteiger charge is -2.09. The van der Waals surface area contributed by atoms with Gasteiger partial charge in [-0.3, -0.25) is 9.78 Å². The Morgan fingerprint density at radius 2 is 1.81 bits per heavy atom. The maximum atomic E-state index is 12.7. The summed E-state index contributed by atoms with van der Waals surface area (Å²) in [5.74, 6) is 0.216. The number of amides is 1. The van der Waals surface area contributed by atoms with E-state index in [2.05, 4.69) is 25.6 Å². The highest BCUT2D eigenvalue weighted by atomic mass is 32.1. The van der Waals surface area contributed by atoms with Crippen molar-refractivity contribution in [3.8, 4) is 0 Å². The minimum Gasteiger partial charge on any atom is -0.350 e. The number of hydrogen-bond donors (Lipinski definition) is 2. The Labute approximate surface area is 160 Å². The van der Waals surface area contributed by atoms with Gasteiger partial charge in [0.1, 0.15) is 0 Å². The van der Waals surface area contributed by atoms with Crippen LogP contribution in [0.5, 0.6) is 0 Å². The zero-order valence-electron chi connectivity index (χ0n) is 14.4. The maximum Gasteiger partial charge on any atom is 0.271 e. The number of nitrogens with one attached hydrogen (secondary N) is 2. The molecule has 0 aliphatic carbocycles. The Morgan fingerprint density at radius 1 is 0.963 bits per heavy atom. The molecule has 0 aliphatic rings. The number of hydrogen-bond acceptors (Lipinski definition) is 6. The molecule has 1 amide bonds. The Morgan fingerprint density at radius 3 is 2.63 bits per heavy atom. The van der Waals surface area contributed by atoms with E-state index in [-0.39, 0.29) is 5.91 Å². The normalized spacial score (nSPS) is 10.7. The molecule has 4 rings (SSSR count). The van der Waals surface area contributed by atoms with E-state index in [0.717, 1.165) is 21.3 Å². The third-order valence-corrected chi connectivity index (χ3v) is 4.90. The second-order valence-corrected chi connectivity index (χ2v) is 6.83. The van der Waals surface area contributed by atoms with E-state index in [0.29, 0.717) is 24.7 Å². The summed E-state index contributed by atoms with van der Waals surface area (Å²) in [6.07, 6.45) is 3.51. The number of aromatic nitrogens is 3. The third kappa shape index (κ3) is 4.09. The summed E-state index contributed by atoms with van der Waals surface area (Å²) in [7, 11) is 0. The molecule has 6 nitrogen and oxygen atoms in total. The molecule has 134 valence electrons. The first-order valence-electron chi connectivity index (χ1n) is 8.50. The van der Waals surface area contributed by atoms with Crippen LogP contribution in [0.4, 0.5) is 5.95 Å². The molecule has 0 spiro atoms. The van der Waals surface area contributed by atoms with E-state index in [9.17, 15) is 4.79 Å². The van der Waals surface area contributed by atoms with Gasteiger partial charge in [-0.15, -0.1) is 11.3 Å². The minimum atomic E-state index is -0.210. The molecule has 0 bridgehead atoms. The molecule has 27 heavy (non-hydrogen) atoms. The molecule has 0 aliphatic heterocycles. The molecule has 0 radical (unpaired) electrons. The predicted octanol–water partition coefficient (Wildman–Crippen LogP) is 3.63. The molecule has 0 atom stereocenters. The van der Waals surface area contributed by atoms with Crippen molar-refractivity contribution in [1.29, 1.82) is 0 Å². The third-order valence-electron chi connectivity index (χ3n) is 3.99. The zero-order chi connectivity index (χ0) is 18.5. The summed E-state index contributed by atoms with van der Waals surface area (Å²) in [5, 5.41) is 8.03. The van der Waals surface area contributed by atoms with Crippen LogP contribution in [0.25, 0.3) is 10.2 Å². The molecule has 4 aromatic rings. The van der Waals surface area contributed by atoms with Crippen LogP contribution in [0.1, 0.15) is 21.6 Å². The fourth-order valence-corrected chi connectivity index (χ4v) is 3.46. The number of anilines is 1. The van der Waals surface area contributed by atoms with Gasteiger partial charge in [-0.25, -0.2) is 9.97 Å². The van der Waals surface area contributed by atoms with E-state index >= 15 is 0 Å². The molecule has 0 unspecified atom stereocenters. The number of nitrogens with zero attached hydrogens (tertiary/aromatic N) is 3. The molecule has 3 heterocycles. The van der Waals surface area contributed by atoms with Gasteiger partial charge in [0, 0.05) is 25.5 Å². The van der Waals surface area contributed by atoms with Crippen LogP contribution >= 0.6 is 11.3 Å². The highest BCUT2D eigenvalue weighted by Crippen LogP contribution is 2.24. The monoisotopic (exact) mass is 375 g/mol. The first-order chi connectivity index (χ1) is 13.3. The second-order valence-electron chi connectivity index (χ2n) is 5.91. The molecule has 0 saturated heterocycles. The van der Waals surface area contributed by atoms with Gasteiger partial charge >= 0.3 is 0 Å². The first-order valence-corrected chi connectivity index (χ1v) is 9.38. The van der Waals surface area contributed by atoms with Gasteiger partial charge in [0.25, 0.3) is 5.91 Å². The summed E-state index contributed by atoms with van der Waals surface area (Å²) < 4.78 is 0.785. The average Bonchev–Trinajstić information content (AvgIpc) is 3.20. The number of benzene rings is 1. The first kappa shape index (κ1) is 17.1. The predicted molar refractivity (Wildman–Crippen MR) is 107 cm³/mol. The lowest BCUT2D eigenvalue weighted by molar-refractivity contribution is 0.0948. The van der Waals surface area contributed by atoms with Crippen LogP contribution in [0, 0.1) is 0 Å². The molecular weight excluding hydrogens is 358 g/mol. The van der Waals surface area contributed by atoms with Crippen LogP contribution in [-0.4, -0.2) is 20.9 Å². The Kier molecular flexibility index (Phi) is 5.02. The molecule has 2 N–H and O–H groups in total. The van der Waals surface area contributed by atoms with Crippen molar-refractivity contribution in [3.63, 3.8) is 0 Å². The lowest BCUT2D eigenvalue weighted by Crippen LogP contribution is -2.24. The molecule has 3 aromatic heterocycles. The molecular formula is C20H17N5OS. The van der Waals surface area contributed by atoms with E-state index in [1.807, 2.05) is 53.9 Å². The maximum absolute atomic E-state index is 12.7. The number of rotatable bonds is 6. The van der Waals surface area contributed by atoms with Crippen molar-refractivity contribution < 1.29 is 4.79 Å². The van der Waals surface area contributed by atoms with Crippen LogP contribution in [0.3, 0.4) is 0 Å². The van der Waals surface area contributed by atoms with Gasteiger partial charge in [0.2, 0.25) is 5.95 Å². The van der Waals surface area contributed by atoms with E-state index in [1.165, 1.54) is 11.3 Å². The summed E-state index contributed by atoms with van der Waals surface area (Å²) in [6, 6.07) is 15.5. The summed E-state index contributed by atoms with van der Waals surface area (Å²) in [5.41, 5.74) is 3.20. The number of pyridine rings is 1. The standard InChI is InChI=1S/C20H17N5OS/c26-19(22-12-14-5-2-1-3-6-14)17-18-16(8-10-27-18)24-20(25-17)23-13-15-7-4-9-21-11-15/h1-11H,12-13H2,(H,22,26)(H,23,24,25). The zero-order valence-corrected chi connectivity index (χ0v) is 15.2. The van der Waals surface area contributed by atoms with Crippen molar-refractivity contribution in [2.45, 2.75) is 13.1 Å². The van der Waals surface area contributed by atoms with Gasteiger partial charge in [-0.2, -0.15) is 0 Å². The number of thiophene rings is 1. The Balaban J connectivity index is 1.54. The van der Waals surface area contributed by atoms with E-state index < -0.39 is 0 Å². The fourth-order valence-electron chi connectivity index (χ4n) is 2.64. The second kappa shape index (κ2) is 7.92. The Bertz CT molecular complexity index is 1050. The number of fused-ring (bicyclic) bond motifs is 1. The van der Waals surface area contributed by atoms with Crippen LogP contribution in [0.15, 0.2) is 66.3 Å². The van der Waals surface area contributed by atoms with Gasteiger partial charge in [0.15, 0.2) is 5.69 Å². The smallest absolute Gasteiger partial charge is 0.271 e. The summed E-state index contributed by atoms with van der Waals surface area (Å²) in [4.78, 5) is 25.8. The lowest BCUT2D eigenvalue weighted by atomic mass is 10.2. The molecule has 1 aromatic carbocycles. The quantitative estimate of drug-likeness (QED) is 0.538. The largest absolute Gasteiger partial charge is 0.350 e. The van der Waals surface area contributed by atoms with Gasteiger partial charge in [0.05, 0.1) is 10.2 Å². The topological polar surface area (TPSA) is 79.8 Å². The van der Waals surface area contributed by atoms with Crippen molar-refractivity contribution >= 4 is 33.4 Å². The van der Waals surface area contributed by atoms with E-state index in [4.69, 9.17) is 0 Å². The van der Waals surface area contributed by atoms with E-state index in [1.54, 1.807) is 12.4 Å². The minimum absolute atomic E-state index is 0.210. The molecule has 0 saturated carbocycles. The molecule has 7 heteroatoms. The average molecular weight is 375 g/mol. The number of carbonyl (C=O) groups excluding carboxylic acids is 1.